The van der Waals surface area contributed by atoms with Crippen molar-refractivity contribution in [2.24, 2.45) is 0 Å². The van der Waals surface area contributed by atoms with E-state index in [1.165, 1.54) is 12.8 Å². The first-order valence-electron chi connectivity index (χ1n) is 10.1. The molecular formula is C21H29N3O2. The first-order valence-corrected chi connectivity index (χ1v) is 10.1. The van der Waals surface area contributed by atoms with Gasteiger partial charge < -0.3 is 15.5 Å². The standard InChI is InChI=1S/C21H29N3O2/c25-19-9-8-18(21(23-19)10-5-11-21)22-15-16-6-4-7-17(14-16)20(26)24-12-2-1-3-13-24/h4,6-7,14,18,22H,1-3,5,8-13,15H2,(H,23,25). The van der Waals surface area contributed by atoms with Crippen molar-refractivity contribution in [3.8, 4) is 0 Å². The van der Waals surface area contributed by atoms with Crippen molar-refractivity contribution in [3.05, 3.63) is 35.4 Å². The molecule has 3 aliphatic rings. The van der Waals surface area contributed by atoms with E-state index < -0.39 is 0 Å². The van der Waals surface area contributed by atoms with Crippen LogP contribution in [0.1, 0.15) is 67.3 Å². The van der Waals surface area contributed by atoms with E-state index in [0.717, 1.165) is 62.9 Å². The van der Waals surface area contributed by atoms with Crippen molar-refractivity contribution >= 4 is 11.8 Å². The van der Waals surface area contributed by atoms with Gasteiger partial charge >= 0.3 is 0 Å². The molecule has 140 valence electrons. The largest absolute Gasteiger partial charge is 0.349 e. The number of piperidine rings is 2. The summed E-state index contributed by atoms with van der Waals surface area (Å²) >= 11 is 0. The number of likely N-dealkylation sites (tertiary alicyclic amines) is 1. The van der Waals surface area contributed by atoms with Crippen molar-refractivity contribution in [2.45, 2.75) is 69.5 Å². The molecule has 3 fully saturated rings. The van der Waals surface area contributed by atoms with Crippen molar-refractivity contribution in [2.75, 3.05) is 13.1 Å². The van der Waals surface area contributed by atoms with E-state index in [1.54, 1.807) is 0 Å². The zero-order chi connectivity index (χ0) is 18.0. The van der Waals surface area contributed by atoms with Crippen LogP contribution in [0.25, 0.3) is 0 Å². The third-order valence-electron chi connectivity index (χ3n) is 6.33. The zero-order valence-corrected chi connectivity index (χ0v) is 15.4. The summed E-state index contributed by atoms with van der Waals surface area (Å²) in [5, 5.41) is 6.88. The summed E-state index contributed by atoms with van der Waals surface area (Å²) in [7, 11) is 0. The van der Waals surface area contributed by atoms with E-state index in [0.29, 0.717) is 12.5 Å². The highest BCUT2D eigenvalue weighted by Crippen LogP contribution is 2.39. The Balaban J connectivity index is 1.39. The highest BCUT2D eigenvalue weighted by molar-refractivity contribution is 5.94. The molecule has 1 aliphatic carbocycles. The van der Waals surface area contributed by atoms with E-state index in [4.69, 9.17) is 0 Å². The molecule has 2 aliphatic heterocycles. The summed E-state index contributed by atoms with van der Waals surface area (Å²) in [5.41, 5.74) is 1.90. The average molecular weight is 355 g/mol. The number of hydrogen-bond acceptors (Lipinski definition) is 3. The number of amides is 2. The van der Waals surface area contributed by atoms with Gasteiger partial charge in [0.1, 0.15) is 0 Å². The molecule has 4 rings (SSSR count). The molecule has 1 spiro atoms. The van der Waals surface area contributed by atoms with Crippen molar-refractivity contribution in [1.82, 2.24) is 15.5 Å². The molecule has 0 radical (unpaired) electrons. The zero-order valence-electron chi connectivity index (χ0n) is 15.4. The maximum Gasteiger partial charge on any atom is 0.253 e. The van der Waals surface area contributed by atoms with Crippen LogP contribution in [0.15, 0.2) is 24.3 Å². The minimum absolute atomic E-state index is 0.0312. The summed E-state index contributed by atoms with van der Waals surface area (Å²) in [4.78, 5) is 26.5. The van der Waals surface area contributed by atoms with Crippen LogP contribution in [0, 0.1) is 0 Å². The monoisotopic (exact) mass is 355 g/mol. The predicted molar refractivity (Wildman–Crippen MR) is 101 cm³/mol. The van der Waals surface area contributed by atoms with E-state index in [2.05, 4.69) is 16.7 Å². The highest BCUT2D eigenvalue weighted by Gasteiger charge is 2.47. The fraction of sp³-hybridized carbons (Fsp3) is 0.619. The molecule has 5 nitrogen and oxygen atoms in total. The Morgan fingerprint density at radius 1 is 1.19 bits per heavy atom. The average Bonchev–Trinajstić information content (AvgIpc) is 2.66. The lowest BCUT2D eigenvalue weighted by atomic mass is 9.68. The predicted octanol–water partition coefficient (Wildman–Crippen LogP) is 2.60. The fourth-order valence-corrected chi connectivity index (χ4v) is 4.64. The van der Waals surface area contributed by atoms with Gasteiger partial charge in [0, 0.05) is 37.7 Å². The third kappa shape index (κ3) is 3.50. The summed E-state index contributed by atoms with van der Waals surface area (Å²) in [6.07, 6.45) is 8.30. The molecule has 2 N–H and O–H groups in total. The van der Waals surface area contributed by atoms with Gasteiger partial charge in [0.25, 0.3) is 5.91 Å². The van der Waals surface area contributed by atoms with Gasteiger partial charge in [-0.15, -0.1) is 0 Å². The Hall–Kier alpha value is -1.88. The lowest BCUT2D eigenvalue weighted by Gasteiger charge is -2.51. The van der Waals surface area contributed by atoms with Gasteiger partial charge in [-0.05, 0) is 62.6 Å². The minimum atomic E-state index is -0.0312. The van der Waals surface area contributed by atoms with Crippen LogP contribution in [-0.2, 0) is 11.3 Å². The minimum Gasteiger partial charge on any atom is -0.349 e. The first kappa shape index (κ1) is 17.5. The molecule has 1 atom stereocenters. The molecule has 26 heavy (non-hydrogen) atoms. The second-order valence-corrected chi connectivity index (χ2v) is 8.08. The maximum absolute atomic E-state index is 12.7. The SMILES string of the molecule is O=C1CCC(NCc2cccc(C(=O)N3CCCCC3)c2)C2(CCC2)N1. The Morgan fingerprint density at radius 2 is 2.00 bits per heavy atom. The smallest absolute Gasteiger partial charge is 0.253 e. The molecule has 2 saturated heterocycles. The molecule has 1 aromatic carbocycles. The Kier molecular flexibility index (Phi) is 4.98. The topological polar surface area (TPSA) is 61.4 Å². The maximum atomic E-state index is 12.7. The number of nitrogens with zero attached hydrogens (tertiary/aromatic N) is 1. The number of carbonyl (C=O) groups is 2. The number of rotatable bonds is 4. The Bertz CT molecular complexity index is 678. The Morgan fingerprint density at radius 3 is 2.73 bits per heavy atom. The molecule has 1 saturated carbocycles. The summed E-state index contributed by atoms with van der Waals surface area (Å²) in [6.45, 7) is 2.50. The van der Waals surface area contributed by atoms with Gasteiger partial charge in [-0.25, -0.2) is 0 Å². The second-order valence-electron chi connectivity index (χ2n) is 8.08. The van der Waals surface area contributed by atoms with Crippen molar-refractivity contribution < 1.29 is 9.59 Å². The van der Waals surface area contributed by atoms with Crippen LogP contribution in [0.2, 0.25) is 0 Å². The molecule has 0 bridgehead atoms. The van der Waals surface area contributed by atoms with Crippen LogP contribution < -0.4 is 10.6 Å². The van der Waals surface area contributed by atoms with Crippen LogP contribution >= 0.6 is 0 Å². The van der Waals surface area contributed by atoms with Gasteiger partial charge in [-0.2, -0.15) is 0 Å². The fourth-order valence-electron chi connectivity index (χ4n) is 4.64. The van der Waals surface area contributed by atoms with Gasteiger partial charge in [-0.3, -0.25) is 9.59 Å². The lowest BCUT2D eigenvalue weighted by molar-refractivity contribution is -0.128. The van der Waals surface area contributed by atoms with Gasteiger partial charge in [0.15, 0.2) is 0 Å². The van der Waals surface area contributed by atoms with Gasteiger partial charge in [0.2, 0.25) is 5.91 Å². The van der Waals surface area contributed by atoms with Crippen molar-refractivity contribution in [1.29, 1.82) is 0 Å². The quantitative estimate of drug-likeness (QED) is 0.873. The molecule has 2 heterocycles. The number of hydrogen-bond donors (Lipinski definition) is 2. The molecule has 5 heteroatoms. The molecule has 1 unspecified atom stereocenters. The number of nitrogens with one attached hydrogen (secondary N) is 2. The third-order valence-corrected chi connectivity index (χ3v) is 6.33. The van der Waals surface area contributed by atoms with Crippen LogP contribution in [0.4, 0.5) is 0 Å². The van der Waals surface area contributed by atoms with E-state index in [9.17, 15) is 9.59 Å². The molecular weight excluding hydrogens is 326 g/mol. The van der Waals surface area contributed by atoms with E-state index >= 15 is 0 Å². The van der Waals surface area contributed by atoms with E-state index in [1.807, 2.05) is 23.1 Å². The Labute approximate surface area is 155 Å². The van der Waals surface area contributed by atoms with Crippen LogP contribution in [-0.4, -0.2) is 41.4 Å². The molecule has 2 amide bonds. The molecule has 1 aromatic rings. The number of carbonyl (C=O) groups excluding carboxylic acids is 2. The van der Waals surface area contributed by atoms with Crippen molar-refractivity contribution in [3.63, 3.8) is 0 Å². The summed E-state index contributed by atoms with van der Waals surface area (Å²) < 4.78 is 0. The van der Waals surface area contributed by atoms with Crippen LogP contribution in [0.5, 0.6) is 0 Å². The molecule has 0 aromatic heterocycles. The second kappa shape index (κ2) is 7.39. The van der Waals surface area contributed by atoms with E-state index in [-0.39, 0.29) is 17.4 Å². The van der Waals surface area contributed by atoms with Gasteiger partial charge in [-0.1, -0.05) is 12.1 Å². The summed E-state index contributed by atoms with van der Waals surface area (Å²) in [5.74, 6) is 0.351. The summed E-state index contributed by atoms with van der Waals surface area (Å²) in [6, 6.07) is 8.34. The highest BCUT2D eigenvalue weighted by atomic mass is 16.2. The number of benzene rings is 1. The normalized spacial score (nSPS) is 24.8. The van der Waals surface area contributed by atoms with Crippen LogP contribution in [0.3, 0.4) is 0 Å². The van der Waals surface area contributed by atoms with Gasteiger partial charge in [0.05, 0.1) is 5.54 Å². The lowest BCUT2D eigenvalue weighted by Crippen LogP contribution is -2.67. The first-order chi connectivity index (χ1) is 12.7.